The summed E-state index contributed by atoms with van der Waals surface area (Å²) < 4.78 is 45.0. The van der Waals surface area contributed by atoms with Crippen LogP contribution in [0.3, 0.4) is 0 Å². The van der Waals surface area contributed by atoms with E-state index in [-0.39, 0.29) is 5.69 Å². The predicted molar refractivity (Wildman–Crippen MR) is 71.7 cm³/mol. The summed E-state index contributed by atoms with van der Waals surface area (Å²) in [5, 5.41) is 8.97. The molecule has 0 bridgehead atoms. The van der Waals surface area contributed by atoms with Crippen molar-refractivity contribution >= 4 is 35.5 Å². The third kappa shape index (κ3) is 5.02. The standard InChI is InChI=1S/C9H12ClN3O5S2/c1-2-11-9(14)7-3-4-8(13-12-7)19(15,16)5-6-20(10,17)18/h3-4H,2,5-6H2,1H3,(H,11,14). The SMILES string of the molecule is CCNC(=O)c1ccc(S(=O)(=O)CCS(=O)(=O)Cl)nn1. The molecule has 0 atom stereocenters. The van der Waals surface area contributed by atoms with Gasteiger partial charge in [0.05, 0.1) is 11.5 Å². The van der Waals surface area contributed by atoms with E-state index in [0.29, 0.717) is 6.54 Å². The van der Waals surface area contributed by atoms with E-state index in [1.807, 2.05) is 0 Å². The lowest BCUT2D eigenvalue weighted by atomic mass is 10.4. The maximum absolute atomic E-state index is 11.8. The highest BCUT2D eigenvalue weighted by atomic mass is 35.7. The van der Waals surface area contributed by atoms with Gasteiger partial charge in [0.2, 0.25) is 9.05 Å². The molecule has 0 unspecified atom stereocenters. The van der Waals surface area contributed by atoms with Crippen LogP contribution < -0.4 is 5.32 Å². The largest absolute Gasteiger partial charge is 0.351 e. The summed E-state index contributed by atoms with van der Waals surface area (Å²) in [4.78, 5) is 11.4. The molecule has 8 nitrogen and oxygen atoms in total. The van der Waals surface area contributed by atoms with Gasteiger partial charge in [0.1, 0.15) is 0 Å². The second-order valence-corrected chi connectivity index (χ2v) is 8.63. The van der Waals surface area contributed by atoms with Gasteiger partial charge in [-0.15, -0.1) is 10.2 Å². The molecular weight excluding hydrogens is 330 g/mol. The van der Waals surface area contributed by atoms with Crippen LogP contribution in [0.1, 0.15) is 17.4 Å². The van der Waals surface area contributed by atoms with Crippen molar-refractivity contribution in [3.8, 4) is 0 Å². The molecular formula is C9H12ClN3O5S2. The van der Waals surface area contributed by atoms with Gasteiger partial charge in [-0.25, -0.2) is 16.8 Å². The molecule has 11 heteroatoms. The number of amides is 1. The highest BCUT2D eigenvalue weighted by Crippen LogP contribution is 2.09. The molecule has 0 aliphatic carbocycles. The average Bonchev–Trinajstić information content (AvgIpc) is 2.36. The Morgan fingerprint density at radius 3 is 2.30 bits per heavy atom. The van der Waals surface area contributed by atoms with Crippen LogP contribution >= 0.6 is 10.7 Å². The smallest absolute Gasteiger partial charge is 0.271 e. The van der Waals surface area contributed by atoms with Crippen molar-refractivity contribution in [2.45, 2.75) is 11.9 Å². The molecule has 112 valence electrons. The minimum Gasteiger partial charge on any atom is -0.351 e. The first-order chi connectivity index (χ1) is 9.15. The van der Waals surface area contributed by atoms with Gasteiger partial charge < -0.3 is 5.32 Å². The number of nitrogens with zero attached hydrogens (tertiary/aromatic N) is 2. The van der Waals surface area contributed by atoms with Gasteiger partial charge in [0.25, 0.3) is 5.91 Å². The molecule has 1 aromatic rings. The van der Waals surface area contributed by atoms with Crippen molar-refractivity contribution in [1.82, 2.24) is 15.5 Å². The minimum atomic E-state index is -3.92. The Morgan fingerprint density at radius 2 is 1.85 bits per heavy atom. The fourth-order valence-corrected chi connectivity index (χ4v) is 4.06. The normalized spacial score (nSPS) is 12.1. The summed E-state index contributed by atoms with van der Waals surface area (Å²) in [5.41, 5.74) is -0.0317. The van der Waals surface area contributed by atoms with E-state index < -0.39 is 41.3 Å². The summed E-state index contributed by atoms with van der Waals surface area (Å²) in [6, 6.07) is 2.29. The molecule has 1 N–H and O–H groups in total. The highest BCUT2D eigenvalue weighted by molar-refractivity contribution is 8.14. The number of carbonyl (C=O) groups is 1. The lowest BCUT2D eigenvalue weighted by Crippen LogP contribution is -2.24. The maximum atomic E-state index is 11.8. The number of aromatic nitrogens is 2. The van der Waals surface area contributed by atoms with E-state index in [9.17, 15) is 21.6 Å². The zero-order chi connectivity index (χ0) is 15.4. The predicted octanol–water partition coefficient (Wildman–Crippen LogP) is -0.431. The van der Waals surface area contributed by atoms with Gasteiger partial charge >= 0.3 is 0 Å². The van der Waals surface area contributed by atoms with Crippen LogP contribution in [0.15, 0.2) is 17.2 Å². The van der Waals surface area contributed by atoms with Gasteiger partial charge in [0, 0.05) is 17.2 Å². The van der Waals surface area contributed by atoms with E-state index in [2.05, 4.69) is 15.5 Å². The fourth-order valence-electron chi connectivity index (χ4n) is 1.17. The van der Waals surface area contributed by atoms with Crippen molar-refractivity contribution < 1.29 is 21.6 Å². The number of hydrogen-bond donors (Lipinski definition) is 1. The number of rotatable bonds is 6. The third-order valence-corrected chi connectivity index (χ3v) is 5.13. The van der Waals surface area contributed by atoms with Crippen LogP contribution in [0.5, 0.6) is 0 Å². The fraction of sp³-hybridized carbons (Fsp3) is 0.444. The summed E-state index contributed by atoms with van der Waals surface area (Å²) in [6.07, 6.45) is 0. The second kappa shape index (κ2) is 6.46. The van der Waals surface area contributed by atoms with Crippen molar-refractivity contribution in [1.29, 1.82) is 0 Å². The first-order valence-electron chi connectivity index (χ1n) is 5.43. The number of sulfone groups is 1. The molecule has 0 aromatic carbocycles. The van der Waals surface area contributed by atoms with Gasteiger partial charge in [-0.1, -0.05) is 0 Å². The lowest BCUT2D eigenvalue weighted by Gasteiger charge is -2.03. The molecule has 0 radical (unpaired) electrons. The van der Waals surface area contributed by atoms with Crippen LogP contribution in [-0.2, 0) is 18.9 Å². The topological polar surface area (TPSA) is 123 Å². The summed E-state index contributed by atoms with van der Waals surface area (Å²) in [6.45, 7) is 2.12. The number of carbonyl (C=O) groups excluding carboxylic acids is 1. The lowest BCUT2D eigenvalue weighted by molar-refractivity contribution is 0.0949. The molecule has 0 aliphatic heterocycles. The van der Waals surface area contributed by atoms with Crippen LogP contribution in [0.25, 0.3) is 0 Å². The van der Waals surface area contributed by atoms with E-state index in [4.69, 9.17) is 10.7 Å². The molecule has 1 rings (SSSR count). The van der Waals surface area contributed by atoms with Gasteiger partial charge in [-0.3, -0.25) is 4.79 Å². The minimum absolute atomic E-state index is 0.0317. The van der Waals surface area contributed by atoms with E-state index in [1.54, 1.807) is 6.92 Å². The Balaban J connectivity index is 2.90. The highest BCUT2D eigenvalue weighted by Gasteiger charge is 2.21. The second-order valence-electron chi connectivity index (χ2n) is 3.68. The molecule has 1 amide bonds. The Hall–Kier alpha value is -1.26. The quantitative estimate of drug-likeness (QED) is 0.696. The molecule has 1 heterocycles. The van der Waals surface area contributed by atoms with Crippen LogP contribution in [0.2, 0.25) is 0 Å². The molecule has 1 aromatic heterocycles. The van der Waals surface area contributed by atoms with Crippen molar-refractivity contribution in [2.24, 2.45) is 0 Å². The molecule has 0 fully saturated rings. The molecule has 0 saturated heterocycles. The summed E-state index contributed by atoms with van der Waals surface area (Å²) in [5.74, 6) is -1.91. The molecule has 0 spiro atoms. The Bertz CT molecular complexity index is 685. The Kier molecular flexibility index (Phi) is 5.42. The van der Waals surface area contributed by atoms with Crippen LogP contribution in [-0.4, -0.2) is 51.0 Å². The zero-order valence-electron chi connectivity index (χ0n) is 10.4. The van der Waals surface area contributed by atoms with Crippen molar-refractivity contribution in [2.75, 3.05) is 18.1 Å². The number of hydrogen-bond acceptors (Lipinski definition) is 7. The first kappa shape index (κ1) is 16.8. The average molecular weight is 342 g/mol. The number of nitrogens with one attached hydrogen (secondary N) is 1. The third-order valence-electron chi connectivity index (χ3n) is 2.12. The Morgan fingerprint density at radius 1 is 1.20 bits per heavy atom. The monoisotopic (exact) mass is 341 g/mol. The Labute approximate surface area is 120 Å². The summed E-state index contributed by atoms with van der Waals surface area (Å²) >= 11 is 0. The van der Waals surface area contributed by atoms with E-state index >= 15 is 0 Å². The van der Waals surface area contributed by atoms with Crippen LogP contribution in [0.4, 0.5) is 0 Å². The molecule has 20 heavy (non-hydrogen) atoms. The first-order valence-corrected chi connectivity index (χ1v) is 9.56. The van der Waals surface area contributed by atoms with E-state index in [1.165, 1.54) is 6.07 Å². The van der Waals surface area contributed by atoms with Gasteiger partial charge in [0.15, 0.2) is 20.6 Å². The zero-order valence-corrected chi connectivity index (χ0v) is 12.8. The van der Waals surface area contributed by atoms with Gasteiger partial charge in [-0.05, 0) is 19.1 Å². The molecule has 0 aliphatic rings. The van der Waals surface area contributed by atoms with E-state index in [0.717, 1.165) is 6.07 Å². The van der Waals surface area contributed by atoms with Gasteiger partial charge in [-0.2, -0.15) is 0 Å². The van der Waals surface area contributed by atoms with Crippen LogP contribution in [0, 0.1) is 0 Å². The van der Waals surface area contributed by atoms with Crippen molar-refractivity contribution in [3.05, 3.63) is 17.8 Å². The maximum Gasteiger partial charge on any atom is 0.271 e. The number of halogens is 1. The molecule has 0 saturated carbocycles. The van der Waals surface area contributed by atoms with Crippen molar-refractivity contribution in [3.63, 3.8) is 0 Å². The summed E-state index contributed by atoms with van der Waals surface area (Å²) in [7, 11) is -2.88.